The Hall–Kier alpha value is -2.15. The van der Waals surface area contributed by atoms with E-state index >= 15 is 0 Å². The second-order valence-electron chi connectivity index (χ2n) is 4.51. The highest BCUT2D eigenvalue weighted by molar-refractivity contribution is 5.93. The number of carbonyl (C=O) groups is 1. The van der Waals surface area contributed by atoms with Gasteiger partial charge in [-0.3, -0.25) is 10.1 Å². The van der Waals surface area contributed by atoms with Crippen molar-refractivity contribution in [3.63, 3.8) is 0 Å². The molecule has 20 heavy (non-hydrogen) atoms. The number of nitrogens with zero attached hydrogens (tertiary/aromatic N) is 3. The molecule has 2 aromatic rings. The molecule has 7 heteroatoms. The molecule has 0 bridgehead atoms. The Bertz CT molecular complexity index is 619. The van der Waals surface area contributed by atoms with E-state index in [0.717, 1.165) is 12.8 Å². The number of nitrogens with one attached hydrogen (secondary N) is 1. The van der Waals surface area contributed by atoms with Crippen LogP contribution in [0, 0.1) is 0 Å². The maximum Gasteiger partial charge on any atom is 0.255 e. The summed E-state index contributed by atoms with van der Waals surface area (Å²) < 4.78 is 12.6. The molecule has 1 aliphatic heterocycles. The Morgan fingerprint density at radius 2 is 2.45 bits per heavy atom. The molecule has 2 aromatic heterocycles. The van der Waals surface area contributed by atoms with Crippen molar-refractivity contribution in [3.8, 4) is 5.88 Å². The van der Waals surface area contributed by atoms with E-state index < -0.39 is 6.10 Å². The fourth-order valence-electron chi connectivity index (χ4n) is 2.23. The number of hydrogen-bond donors (Lipinski definition) is 1. The largest absolute Gasteiger partial charge is 0.479 e. The maximum atomic E-state index is 12.1. The standard InChI is InChI=1S/C13H16N4O3/c1-2-19-11-7-3-6-10-15-16-13(17(10)11)14-12(18)9-5-4-8-20-9/h3,6-7,9H,2,4-5,8H2,1H3,(H,14,16,18). The van der Waals surface area contributed by atoms with Gasteiger partial charge < -0.3 is 9.47 Å². The molecule has 1 amide bonds. The van der Waals surface area contributed by atoms with Crippen LogP contribution in [0.25, 0.3) is 5.65 Å². The number of carbonyl (C=O) groups excluding carboxylic acids is 1. The van der Waals surface area contributed by atoms with Gasteiger partial charge in [-0.15, -0.1) is 10.2 Å². The molecule has 0 spiro atoms. The molecule has 1 fully saturated rings. The zero-order chi connectivity index (χ0) is 13.9. The summed E-state index contributed by atoms with van der Waals surface area (Å²) in [4.78, 5) is 12.1. The Balaban J connectivity index is 1.89. The van der Waals surface area contributed by atoms with Crippen molar-refractivity contribution in [1.82, 2.24) is 14.6 Å². The average molecular weight is 276 g/mol. The van der Waals surface area contributed by atoms with Gasteiger partial charge in [-0.1, -0.05) is 6.07 Å². The molecule has 1 saturated heterocycles. The van der Waals surface area contributed by atoms with Crippen LogP contribution in [-0.4, -0.2) is 39.8 Å². The minimum atomic E-state index is -0.401. The van der Waals surface area contributed by atoms with Gasteiger partial charge in [0.2, 0.25) is 11.8 Å². The average Bonchev–Trinajstić information content (AvgIpc) is 3.09. The number of pyridine rings is 1. The first-order chi connectivity index (χ1) is 9.79. The highest BCUT2D eigenvalue weighted by Gasteiger charge is 2.25. The quantitative estimate of drug-likeness (QED) is 0.909. The zero-order valence-corrected chi connectivity index (χ0v) is 11.2. The number of fused-ring (bicyclic) bond motifs is 1. The summed E-state index contributed by atoms with van der Waals surface area (Å²) in [6.45, 7) is 3.05. The summed E-state index contributed by atoms with van der Waals surface area (Å²) in [5, 5.41) is 10.8. The number of hydrogen-bond acceptors (Lipinski definition) is 5. The molecule has 0 aromatic carbocycles. The van der Waals surface area contributed by atoms with E-state index in [-0.39, 0.29) is 5.91 Å². The fraction of sp³-hybridized carbons (Fsp3) is 0.462. The van der Waals surface area contributed by atoms with Crippen LogP contribution in [0.3, 0.4) is 0 Å². The van der Waals surface area contributed by atoms with Crippen molar-refractivity contribution < 1.29 is 14.3 Å². The van der Waals surface area contributed by atoms with Crippen LogP contribution in [-0.2, 0) is 9.53 Å². The first kappa shape index (κ1) is 12.9. The summed E-state index contributed by atoms with van der Waals surface area (Å²) in [7, 11) is 0. The number of aromatic nitrogens is 3. The highest BCUT2D eigenvalue weighted by atomic mass is 16.5. The topological polar surface area (TPSA) is 77.8 Å². The van der Waals surface area contributed by atoms with Gasteiger partial charge >= 0.3 is 0 Å². The van der Waals surface area contributed by atoms with E-state index in [1.54, 1.807) is 10.5 Å². The van der Waals surface area contributed by atoms with Crippen LogP contribution < -0.4 is 10.1 Å². The van der Waals surface area contributed by atoms with Gasteiger partial charge in [-0.25, -0.2) is 4.40 Å². The Morgan fingerprint density at radius 3 is 3.20 bits per heavy atom. The normalized spacial score (nSPS) is 18.4. The van der Waals surface area contributed by atoms with Crippen LogP contribution in [0.5, 0.6) is 5.88 Å². The lowest BCUT2D eigenvalue weighted by Crippen LogP contribution is -2.27. The number of ether oxygens (including phenoxy) is 2. The number of amides is 1. The predicted octanol–water partition coefficient (Wildman–Crippen LogP) is 1.25. The molecule has 0 saturated carbocycles. The molecule has 1 N–H and O–H groups in total. The molecule has 0 aliphatic carbocycles. The van der Waals surface area contributed by atoms with Crippen molar-refractivity contribution in [2.45, 2.75) is 25.9 Å². The van der Waals surface area contributed by atoms with Crippen molar-refractivity contribution in [2.75, 3.05) is 18.5 Å². The maximum absolute atomic E-state index is 12.1. The van der Waals surface area contributed by atoms with Gasteiger partial charge in [0.15, 0.2) is 5.65 Å². The molecule has 106 valence electrons. The van der Waals surface area contributed by atoms with Crippen molar-refractivity contribution in [2.24, 2.45) is 0 Å². The van der Waals surface area contributed by atoms with Crippen molar-refractivity contribution in [1.29, 1.82) is 0 Å². The predicted molar refractivity (Wildman–Crippen MR) is 71.8 cm³/mol. The third-order valence-electron chi connectivity index (χ3n) is 3.14. The molecular weight excluding hydrogens is 260 g/mol. The van der Waals surface area contributed by atoms with Crippen LogP contribution in [0.4, 0.5) is 5.95 Å². The molecule has 7 nitrogen and oxygen atoms in total. The second-order valence-corrected chi connectivity index (χ2v) is 4.51. The summed E-state index contributed by atoms with van der Waals surface area (Å²) in [6.07, 6.45) is 1.24. The van der Waals surface area contributed by atoms with Gasteiger partial charge in [-0.05, 0) is 31.9 Å². The Kier molecular flexibility index (Phi) is 3.51. The monoisotopic (exact) mass is 276 g/mol. The summed E-state index contributed by atoms with van der Waals surface area (Å²) >= 11 is 0. The lowest BCUT2D eigenvalue weighted by atomic mass is 10.2. The lowest BCUT2D eigenvalue weighted by molar-refractivity contribution is -0.124. The van der Waals surface area contributed by atoms with E-state index in [9.17, 15) is 4.79 Å². The fourth-order valence-corrected chi connectivity index (χ4v) is 2.23. The molecular formula is C13H16N4O3. The Morgan fingerprint density at radius 1 is 1.55 bits per heavy atom. The molecule has 1 aliphatic rings. The van der Waals surface area contributed by atoms with Gasteiger partial charge in [0.25, 0.3) is 5.91 Å². The first-order valence-corrected chi connectivity index (χ1v) is 6.69. The third kappa shape index (κ3) is 2.32. The highest BCUT2D eigenvalue weighted by Crippen LogP contribution is 2.20. The lowest BCUT2D eigenvalue weighted by Gasteiger charge is -2.11. The van der Waals surface area contributed by atoms with E-state index in [1.807, 2.05) is 19.1 Å². The molecule has 3 heterocycles. The van der Waals surface area contributed by atoms with Gasteiger partial charge in [-0.2, -0.15) is 0 Å². The summed E-state index contributed by atoms with van der Waals surface area (Å²) in [6, 6.07) is 5.44. The summed E-state index contributed by atoms with van der Waals surface area (Å²) in [5.41, 5.74) is 0.624. The first-order valence-electron chi connectivity index (χ1n) is 6.69. The van der Waals surface area contributed by atoms with Gasteiger partial charge in [0, 0.05) is 6.61 Å². The van der Waals surface area contributed by atoms with Gasteiger partial charge in [0.05, 0.1) is 6.61 Å². The van der Waals surface area contributed by atoms with Crippen LogP contribution >= 0.6 is 0 Å². The third-order valence-corrected chi connectivity index (χ3v) is 3.14. The number of anilines is 1. The van der Waals surface area contributed by atoms with Crippen LogP contribution in [0.15, 0.2) is 18.2 Å². The Labute approximate surface area is 115 Å². The minimum Gasteiger partial charge on any atom is -0.479 e. The van der Waals surface area contributed by atoms with Gasteiger partial charge in [0.1, 0.15) is 6.10 Å². The molecule has 0 radical (unpaired) electrons. The number of rotatable bonds is 4. The van der Waals surface area contributed by atoms with Crippen molar-refractivity contribution in [3.05, 3.63) is 18.2 Å². The smallest absolute Gasteiger partial charge is 0.255 e. The van der Waals surface area contributed by atoms with E-state index in [2.05, 4.69) is 15.5 Å². The molecule has 1 atom stereocenters. The van der Waals surface area contributed by atoms with Crippen LogP contribution in [0.1, 0.15) is 19.8 Å². The molecule has 3 rings (SSSR count). The van der Waals surface area contributed by atoms with Crippen molar-refractivity contribution >= 4 is 17.5 Å². The van der Waals surface area contributed by atoms with Crippen LogP contribution in [0.2, 0.25) is 0 Å². The zero-order valence-electron chi connectivity index (χ0n) is 11.2. The summed E-state index contributed by atoms with van der Waals surface area (Å²) in [5.74, 6) is 0.755. The minimum absolute atomic E-state index is 0.192. The van der Waals surface area contributed by atoms with E-state index in [1.165, 1.54) is 0 Å². The second kappa shape index (κ2) is 5.46. The SMILES string of the molecule is CCOc1cccc2nnc(NC(=O)C3CCCO3)n12. The van der Waals surface area contributed by atoms with E-state index in [0.29, 0.717) is 30.7 Å². The van der Waals surface area contributed by atoms with E-state index in [4.69, 9.17) is 9.47 Å². The molecule has 1 unspecified atom stereocenters.